The van der Waals surface area contributed by atoms with E-state index >= 15 is 0 Å². The predicted molar refractivity (Wildman–Crippen MR) is 88.4 cm³/mol. The molecule has 0 spiro atoms. The van der Waals surface area contributed by atoms with Crippen LogP contribution in [0.3, 0.4) is 0 Å². The van der Waals surface area contributed by atoms with Crippen LogP contribution >= 0.6 is 11.3 Å². The number of nitrogens with zero attached hydrogens (tertiary/aromatic N) is 1. The molecule has 2 heterocycles. The summed E-state index contributed by atoms with van der Waals surface area (Å²) < 4.78 is 5.31. The predicted octanol–water partition coefficient (Wildman–Crippen LogP) is 2.82. The van der Waals surface area contributed by atoms with Crippen LogP contribution in [0.15, 0.2) is 0 Å². The third-order valence-corrected chi connectivity index (χ3v) is 6.23. The van der Waals surface area contributed by atoms with Crippen LogP contribution in [-0.4, -0.2) is 48.2 Å². The molecule has 1 aromatic heterocycles. The molecule has 1 aliphatic carbocycles. The normalized spacial score (nSPS) is 22.9. The number of carboxylic acid groups (broad SMARTS) is 1. The van der Waals surface area contributed by atoms with E-state index in [1.54, 1.807) is 12.0 Å². The van der Waals surface area contributed by atoms with Crippen molar-refractivity contribution in [2.45, 2.75) is 45.6 Å². The van der Waals surface area contributed by atoms with Crippen LogP contribution in [0, 0.1) is 5.41 Å². The van der Waals surface area contributed by atoms with Crippen molar-refractivity contribution < 1.29 is 19.4 Å². The lowest BCUT2D eigenvalue weighted by atomic mass is 9.76. The van der Waals surface area contributed by atoms with Gasteiger partial charge in [-0.1, -0.05) is 13.8 Å². The Morgan fingerprint density at radius 2 is 2.13 bits per heavy atom. The van der Waals surface area contributed by atoms with Crippen LogP contribution in [0.4, 0.5) is 0 Å². The number of rotatable bonds is 3. The number of carbonyl (C=O) groups excluding carboxylic acids is 1. The summed E-state index contributed by atoms with van der Waals surface area (Å²) in [7, 11) is 1.65. The van der Waals surface area contributed by atoms with Crippen LogP contribution in [-0.2, 0) is 17.6 Å². The fraction of sp³-hybridized carbons (Fsp3) is 0.647. The van der Waals surface area contributed by atoms with Gasteiger partial charge in [-0.05, 0) is 36.7 Å². The second-order valence-corrected chi connectivity index (χ2v) is 8.36. The Labute approximate surface area is 140 Å². The van der Waals surface area contributed by atoms with Gasteiger partial charge in [0.1, 0.15) is 4.88 Å². The van der Waals surface area contributed by atoms with Crippen LogP contribution in [0.25, 0.3) is 0 Å². The van der Waals surface area contributed by atoms with Gasteiger partial charge in [0.25, 0.3) is 5.91 Å². The van der Waals surface area contributed by atoms with E-state index in [-0.39, 0.29) is 23.0 Å². The van der Waals surface area contributed by atoms with E-state index < -0.39 is 5.97 Å². The molecule has 2 aliphatic rings. The number of likely N-dealkylation sites (tertiary alicyclic amines) is 1. The maximum Gasteiger partial charge on any atom is 0.337 e. The number of carbonyl (C=O) groups is 2. The Morgan fingerprint density at radius 3 is 2.74 bits per heavy atom. The first-order chi connectivity index (χ1) is 10.8. The highest BCUT2D eigenvalue weighted by Gasteiger charge is 2.36. The summed E-state index contributed by atoms with van der Waals surface area (Å²) in [6.45, 7) is 5.49. The minimum Gasteiger partial charge on any atom is -0.478 e. The van der Waals surface area contributed by atoms with Gasteiger partial charge in [-0.15, -0.1) is 11.3 Å². The molecule has 1 aliphatic heterocycles. The van der Waals surface area contributed by atoms with Crippen LogP contribution in [0.2, 0.25) is 0 Å². The van der Waals surface area contributed by atoms with Crippen molar-refractivity contribution in [2.75, 3.05) is 20.2 Å². The van der Waals surface area contributed by atoms with Gasteiger partial charge in [-0.3, -0.25) is 4.79 Å². The van der Waals surface area contributed by atoms with Gasteiger partial charge in [0.15, 0.2) is 0 Å². The second kappa shape index (κ2) is 5.91. The number of ether oxygens (including phenoxy) is 1. The summed E-state index contributed by atoms with van der Waals surface area (Å²) >= 11 is 1.38. The molecule has 0 bridgehead atoms. The highest BCUT2D eigenvalue weighted by Crippen LogP contribution is 2.42. The zero-order chi connectivity index (χ0) is 16.8. The fourth-order valence-electron chi connectivity index (χ4n) is 3.55. The van der Waals surface area contributed by atoms with Crippen molar-refractivity contribution in [2.24, 2.45) is 5.41 Å². The Balaban J connectivity index is 1.95. The summed E-state index contributed by atoms with van der Waals surface area (Å²) in [6, 6.07) is 0. The lowest BCUT2D eigenvalue weighted by Crippen LogP contribution is -2.30. The zero-order valence-corrected chi connectivity index (χ0v) is 14.7. The molecule has 1 fully saturated rings. The number of aryl methyl sites for hydroxylation is 1. The molecule has 1 aromatic rings. The summed E-state index contributed by atoms with van der Waals surface area (Å²) in [4.78, 5) is 27.8. The van der Waals surface area contributed by atoms with Crippen LogP contribution < -0.4 is 0 Å². The Hall–Kier alpha value is -1.40. The van der Waals surface area contributed by atoms with Gasteiger partial charge in [-0.2, -0.15) is 0 Å². The monoisotopic (exact) mass is 337 g/mol. The summed E-state index contributed by atoms with van der Waals surface area (Å²) in [5.74, 6) is -1.13. The topological polar surface area (TPSA) is 66.8 Å². The quantitative estimate of drug-likeness (QED) is 0.921. The summed E-state index contributed by atoms with van der Waals surface area (Å²) in [6.07, 6.45) is 3.49. The van der Waals surface area contributed by atoms with E-state index in [0.717, 1.165) is 36.1 Å². The lowest BCUT2D eigenvalue weighted by molar-refractivity contribution is 0.0671. The van der Waals surface area contributed by atoms with Crippen molar-refractivity contribution in [3.05, 3.63) is 20.9 Å². The molecular formula is C17H23NO4S. The van der Waals surface area contributed by atoms with E-state index in [1.807, 2.05) is 0 Å². The van der Waals surface area contributed by atoms with Gasteiger partial charge in [-0.25, -0.2) is 4.79 Å². The van der Waals surface area contributed by atoms with Gasteiger partial charge < -0.3 is 14.7 Å². The van der Waals surface area contributed by atoms with Crippen LogP contribution in [0.1, 0.15) is 57.2 Å². The molecule has 1 amide bonds. The van der Waals surface area contributed by atoms with Crippen molar-refractivity contribution in [1.82, 2.24) is 4.90 Å². The maximum absolute atomic E-state index is 12.8. The average molecular weight is 337 g/mol. The SMILES string of the molecule is CO[C@@H]1CCN(C(=O)c2sc3c(c2C(=O)O)CC(C)(C)CC3)C1. The summed E-state index contributed by atoms with van der Waals surface area (Å²) in [5.41, 5.74) is 1.21. The Kier molecular flexibility index (Phi) is 4.23. The molecule has 126 valence electrons. The van der Waals surface area contributed by atoms with Gasteiger partial charge in [0.2, 0.25) is 0 Å². The first kappa shape index (κ1) is 16.5. The maximum atomic E-state index is 12.8. The molecule has 1 N–H and O–H groups in total. The minimum absolute atomic E-state index is 0.0562. The van der Waals surface area contributed by atoms with Crippen molar-refractivity contribution in [3.63, 3.8) is 0 Å². The molecule has 6 heteroatoms. The number of amides is 1. The molecule has 0 aromatic carbocycles. The number of aromatic carboxylic acids is 1. The van der Waals surface area contributed by atoms with Gasteiger partial charge in [0, 0.05) is 25.1 Å². The second-order valence-electron chi connectivity index (χ2n) is 7.25. The highest BCUT2D eigenvalue weighted by molar-refractivity contribution is 7.14. The number of fused-ring (bicyclic) bond motifs is 1. The van der Waals surface area contributed by atoms with E-state index in [1.165, 1.54) is 11.3 Å². The van der Waals surface area contributed by atoms with Crippen molar-refractivity contribution in [1.29, 1.82) is 0 Å². The van der Waals surface area contributed by atoms with E-state index in [2.05, 4.69) is 13.8 Å². The Bertz CT molecular complexity index is 649. The molecule has 0 unspecified atom stereocenters. The number of thiophene rings is 1. The number of carboxylic acids is 1. The third kappa shape index (κ3) is 3.02. The van der Waals surface area contributed by atoms with E-state index in [0.29, 0.717) is 18.0 Å². The molecular weight excluding hydrogens is 314 g/mol. The van der Waals surface area contributed by atoms with Crippen molar-refractivity contribution in [3.8, 4) is 0 Å². The largest absolute Gasteiger partial charge is 0.478 e. The molecule has 5 nitrogen and oxygen atoms in total. The molecule has 0 radical (unpaired) electrons. The van der Waals surface area contributed by atoms with E-state index in [4.69, 9.17) is 4.74 Å². The van der Waals surface area contributed by atoms with Gasteiger partial charge in [0.05, 0.1) is 11.7 Å². The Morgan fingerprint density at radius 1 is 1.39 bits per heavy atom. The molecule has 1 saturated heterocycles. The molecule has 0 saturated carbocycles. The molecule has 1 atom stereocenters. The first-order valence-electron chi connectivity index (χ1n) is 8.02. The number of methoxy groups -OCH3 is 1. The highest BCUT2D eigenvalue weighted by atomic mass is 32.1. The fourth-order valence-corrected chi connectivity index (χ4v) is 4.82. The smallest absolute Gasteiger partial charge is 0.337 e. The number of hydrogen-bond donors (Lipinski definition) is 1. The first-order valence-corrected chi connectivity index (χ1v) is 8.84. The third-order valence-electron chi connectivity index (χ3n) is 4.95. The van der Waals surface area contributed by atoms with Gasteiger partial charge >= 0.3 is 5.97 Å². The standard InChI is InChI=1S/C17H23NO4S/c1-17(2)6-4-12-11(8-17)13(16(20)21)14(23-12)15(19)18-7-5-10(9-18)22-3/h10H,4-9H2,1-3H3,(H,20,21)/t10-/m1/s1. The number of hydrogen-bond acceptors (Lipinski definition) is 4. The molecule has 23 heavy (non-hydrogen) atoms. The van der Waals surface area contributed by atoms with Crippen LogP contribution in [0.5, 0.6) is 0 Å². The van der Waals surface area contributed by atoms with E-state index in [9.17, 15) is 14.7 Å². The zero-order valence-electron chi connectivity index (χ0n) is 13.8. The van der Waals surface area contributed by atoms with Crippen molar-refractivity contribution >= 4 is 23.2 Å². The average Bonchev–Trinajstić information content (AvgIpc) is 3.09. The lowest BCUT2D eigenvalue weighted by Gasteiger charge is -2.29. The molecule has 3 rings (SSSR count). The minimum atomic E-state index is -0.981. The summed E-state index contributed by atoms with van der Waals surface area (Å²) in [5, 5.41) is 9.68.